The van der Waals surface area contributed by atoms with E-state index in [2.05, 4.69) is 10.6 Å². The molecule has 0 aliphatic rings. The predicted molar refractivity (Wildman–Crippen MR) is 112 cm³/mol. The van der Waals surface area contributed by atoms with E-state index in [9.17, 15) is 14.4 Å². The van der Waals surface area contributed by atoms with Crippen molar-refractivity contribution in [2.45, 2.75) is 13.0 Å². The molecule has 1 atom stereocenters. The monoisotopic (exact) mass is 408 g/mol. The molecular weight excluding hydrogens is 388 g/mol. The zero-order valence-corrected chi connectivity index (χ0v) is 16.6. The SMILES string of the molecule is CC(NC(=O)COC(=O)c1ccc(NC(=O)c2cccs2)cc1)c1ccccc1. The topological polar surface area (TPSA) is 84.5 Å². The van der Waals surface area contributed by atoms with E-state index in [4.69, 9.17) is 4.74 Å². The number of benzene rings is 2. The van der Waals surface area contributed by atoms with E-state index in [0.717, 1.165) is 5.56 Å². The average molecular weight is 408 g/mol. The van der Waals surface area contributed by atoms with Gasteiger partial charge >= 0.3 is 5.97 Å². The maximum absolute atomic E-state index is 12.1. The Morgan fingerprint density at radius 3 is 2.34 bits per heavy atom. The number of ether oxygens (including phenoxy) is 1. The van der Waals surface area contributed by atoms with Crippen LogP contribution in [0.3, 0.4) is 0 Å². The normalized spacial score (nSPS) is 11.3. The lowest BCUT2D eigenvalue weighted by atomic mass is 10.1. The highest BCUT2D eigenvalue weighted by molar-refractivity contribution is 7.12. The number of amides is 2. The molecule has 2 N–H and O–H groups in total. The molecule has 2 aromatic carbocycles. The molecule has 3 aromatic rings. The van der Waals surface area contributed by atoms with Crippen LogP contribution < -0.4 is 10.6 Å². The van der Waals surface area contributed by atoms with E-state index in [1.165, 1.54) is 23.5 Å². The van der Waals surface area contributed by atoms with Crippen molar-refractivity contribution in [2.75, 3.05) is 11.9 Å². The number of hydrogen-bond acceptors (Lipinski definition) is 5. The van der Waals surface area contributed by atoms with Crippen molar-refractivity contribution in [3.63, 3.8) is 0 Å². The molecule has 0 aliphatic carbocycles. The zero-order chi connectivity index (χ0) is 20.6. The summed E-state index contributed by atoms with van der Waals surface area (Å²) in [7, 11) is 0. The molecule has 0 spiro atoms. The fourth-order valence-electron chi connectivity index (χ4n) is 2.61. The molecule has 2 amide bonds. The van der Waals surface area contributed by atoms with Gasteiger partial charge in [0.05, 0.1) is 16.5 Å². The van der Waals surface area contributed by atoms with Crippen molar-refractivity contribution < 1.29 is 19.1 Å². The van der Waals surface area contributed by atoms with Crippen LogP contribution in [0.1, 0.15) is 38.6 Å². The highest BCUT2D eigenvalue weighted by Crippen LogP contribution is 2.15. The fourth-order valence-corrected chi connectivity index (χ4v) is 3.23. The standard InChI is InChI=1S/C22H20N2O4S/c1-15(16-6-3-2-4-7-16)23-20(25)14-28-22(27)17-9-11-18(12-10-17)24-21(26)19-8-5-13-29-19/h2-13,15H,14H2,1H3,(H,23,25)(H,24,26). The Hall–Kier alpha value is -3.45. The van der Waals surface area contributed by atoms with E-state index >= 15 is 0 Å². The van der Waals surface area contributed by atoms with Gasteiger partial charge in [-0.15, -0.1) is 11.3 Å². The summed E-state index contributed by atoms with van der Waals surface area (Å²) in [6.07, 6.45) is 0. The highest BCUT2D eigenvalue weighted by Gasteiger charge is 2.13. The van der Waals surface area contributed by atoms with Gasteiger partial charge in [0, 0.05) is 5.69 Å². The lowest BCUT2D eigenvalue weighted by Crippen LogP contribution is -2.31. The van der Waals surface area contributed by atoms with Crippen LogP contribution >= 0.6 is 11.3 Å². The maximum atomic E-state index is 12.1. The van der Waals surface area contributed by atoms with Gasteiger partial charge in [-0.1, -0.05) is 36.4 Å². The molecule has 29 heavy (non-hydrogen) atoms. The van der Waals surface area contributed by atoms with Crippen LogP contribution in [0.5, 0.6) is 0 Å². The molecule has 3 rings (SSSR count). The summed E-state index contributed by atoms with van der Waals surface area (Å²) in [5.41, 5.74) is 1.82. The van der Waals surface area contributed by atoms with Crippen molar-refractivity contribution in [3.8, 4) is 0 Å². The van der Waals surface area contributed by atoms with Gasteiger partial charge in [0.25, 0.3) is 11.8 Å². The van der Waals surface area contributed by atoms with E-state index in [0.29, 0.717) is 16.1 Å². The molecule has 0 saturated heterocycles. The van der Waals surface area contributed by atoms with Gasteiger partial charge in [-0.3, -0.25) is 9.59 Å². The van der Waals surface area contributed by atoms with Crippen LogP contribution in [-0.4, -0.2) is 24.4 Å². The third-order valence-electron chi connectivity index (χ3n) is 4.13. The summed E-state index contributed by atoms with van der Waals surface area (Å²) in [5, 5.41) is 7.36. The summed E-state index contributed by atoms with van der Waals surface area (Å²) in [5.74, 6) is -1.20. The second-order valence-electron chi connectivity index (χ2n) is 6.28. The summed E-state index contributed by atoms with van der Waals surface area (Å²) >= 11 is 1.35. The average Bonchev–Trinajstić information content (AvgIpc) is 3.28. The lowest BCUT2D eigenvalue weighted by molar-refractivity contribution is -0.124. The van der Waals surface area contributed by atoms with E-state index in [1.807, 2.05) is 42.6 Å². The van der Waals surface area contributed by atoms with E-state index < -0.39 is 5.97 Å². The molecule has 0 bridgehead atoms. The van der Waals surface area contributed by atoms with Crippen LogP contribution in [0.25, 0.3) is 0 Å². The third-order valence-corrected chi connectivity index (χ3v) is 5.00. The van der Waals surface area contributed by atoms with Crippen molar-refractivity contribution in [3.05, 3.63) is 88.1 Å². The number of hydrogen-bond donors (Lipinski definition) is 2. The zero-order valence-electron chi connectivity index (χ0n) is 15.8. The molecule has 148 valence electrons. The van der Waals surface area contributed by atoms with Gasteiger partial charge in [-0.25, -0.2) is 4.79 Å². The second-order valence-corrected chi connectivity index (χ2v) is 7.23. The smallest absolute Gasteiger partial charge is 0.338 e. The first kappa shape index (κ1) is 20.3. The minimum Gasteiger partial charge on any atom is -0.452 e. The van der Waals surface area contributed by atoms with Crippen molar-refractivity contribution in [1.82, 2.24) is 5.32 Å². The van der Waals surface area contributed by atoms with Crippen LogP contribution in [0, 0.1) is 0 Å². The minimum absolute atomic E-state index is 0.186. The van der Waals surface area contributed by atoms with Crippen molar-refractivity contribution in [1.29, 1.82) is 0 Å². The van der Waals surface area contributed by atoms with Gasteiger partial charge in [0.1, 0.15) is 0 Å². The maximum Gasteiger partial charge on any atom is 0.338 e. The number of thiophene rings is 1. The Bertz CT molecular complexity index is 970. The van der Waals surface area contributed by atoms with E-state index in [-0.39, 0.29) is 24.5 Å². The Kier molecular flexibility index (Phi) is 6.76. The molecular formula is C22H20N2O4S. The fraction of sp³-hybridized carbons (Fsp3) is 0.136. The first-order chi connectivity index (χ1) is 14.0. The number of anilines is 1. The third kappa shape index (κ3) is 5.76. The van der Waals surface area contributed by atoms with Gasteiger partial charge in [-0.05, 0) is 48.2 Å². The summed E-state index contributed by atoms with van der Waals surface area (Å²) in [4.78, 5) is 36.8. The Morgan fingerprint density at radius 1 is 0.966 bits per heavy atom. The number of carbonyl (C=O) groups is 3. The Balaban J connectivity index is 1.48. The quantitative estimate of drug-likeness (QED) is 0.578. The molecule has 0 saturated carbocycles. The van der Waals surface area contributed by atoms with Crippen molar-refractivity contribution in [2.24, 2.45) is 0 Å². The van der Waals surface area contributed by atoms with Crippen LogP contribution in [0.2, 0.25) is 0 Å². The van der Waals surface area contributed by atoms with Gasteiger partial charge in [-0.2, -0.15) is 0 Å². The Labute approximate surface area is 172 Å². The number of carbonyl (C=O) groups excluding carboxylic acids is 3. The number of esters is 1. The Morgan fingerprint density at radius 2 is 1.69 bits per heavy atom. The summed E-state index contributed by atoms with van der Waals surface area (Å²) < 4.78 is 5.07. The molecule has 0 aliphatic heterocycles. The molecule has 0 radical (unpaired) electrons. The highest BCUT2D eigenvalue weighted by atomic mass is 32.1. The summed E-state index contributed by atoms with van der Waals surface area (Å²) in [6, 6.07) is 19.2. The van der Waals surface area contributed by atoms with Gasteiger partial charge < -0.3 is 15.4 Å². The predicted octanol–water partition coefficient (Wildman–Crippen LogP) is 4.03. The molecule has 0 fully saturated rings. The van der Waals surface area contributed by atoms with Crippen LogP contribution in [-0.2, 0) is 9.53 Å². The molecule has 1 unspecified atom stereocenters. The summed E-state index contributed by atoms with van der Waals surface area (Å²) in [6.45, 7) is 1.49. The van der Waals surface area contributed by atoms with Crippen molar-refractivity contribution >= 4 is 34.8 Å². The molecule has 1 aromatic heterocycles. The number of rotatable bonds is 7. The van der Waals surface area contributed by atoms with Gasteiger partial charge in [0.15, 0.2) is 6.61 Å². The molecule has 7 heteroatoms. The molecule has 1 heterocycles. The first-order valence-corrected chi connectivity index (χ1v) is 9.87. The number of nitrogens with one attached hydrogen (secondary N) is 2. The van der Waals surface area contributed by atoms with Gasteiger partial charge in [0.2, 0.25) is 0 Å². The first-order valence-electron chi connectivity index (χ1n) is 8.99. The largest absolute Gasteiger partial charge is 0.452 e. The van der Waals surface area contributed by atoms with E-state index in [1.54, 1.807) is 24.3 Å². The second kappa shape index (κ2) is 9.66. The van der Waals surface area contributed by atoms with Crippen LogP contribution in [0.15, 0.2) is 72.1 Å². The lowest BCUT2D eigenvalue weighted by Gasteiger charge is -2.14. The minimum atomic E-state index is -0.608. The van der Waals surface area contributed by atoms with Crippen LogP contribution in [0.4, 0.5) is 5.69 Å². The molecule has 6 nitrogen and oxygen atoms in total.